The second kappa shape index (κ2) is 16.6. The van der Waals surface area contributed by atoms with E-state index in [9.17, 15) is 18.0 Å². The van der Waals surface area contributed by atoms with E-state index in [1.807, 2.05) is 86.6 Å². The van der Waals surface area contributed by atoms with Gasteiger partial charge in [-0.3, -0.25) is 13.9 Å². The first-order valence-corrected chi connectivity index (χ1v) is 17.4. The lowest BCUT2D eigenvalue weighted by Crippen LogP contribution is -2.53. The number of nitrogens with one attached hydrogen (secondary N) is 1. The number of hydrogen-bond donors (Lipinski definition) is 1. The van der Waals surface area contributed by atoms with Gasteiger partial charge in [-0.25, -0.2) is 8.42 Å². The molecule has 0 aromatic heterocycles. The zero-order chi connectivity index (χ0) is 33.8. The van der Waals surface area contributed by atoms with E-state index in [0.717, 1.165) is 27.3 Å². The van der Waals surface area contributed by atoms with E-state index in [-0.39, 0.29) is 24.8 Å². The third-order valence-corrected chi connectivity index (χ3v) is 8.64. The van der Waals surface area contributed by atoms with Crippen LogP contribution < -0.4 is 19.1 Å². The van der Waals surface area contributed by atoms with Gasteiger partial charge >= 0.3 is 0 Å². The second-order valence-electron chi connectivity index (χ2n) is 11.8. The van der Waals surface area contributed by atoms with Crippen molar-refractivity contribution in [3.63, 3.8) is 0 Å². The molecule has 248 valence electrons. The van der Waals surface area contributed by atoms with Crippen LogP contribution in [0, 0.1) is 5.92 Å². The maximum Gasteiger partial charge on any atom is 0.244 e. The van der Waals surface area contributed by atoms with E-state index in [1.165, 1.54) is 4.90 Å². The number of rotatable bonds is 16. The Morgan fingerprint density at radius 1 is 0.787 bits per heavy atom. The van der Waals surface area contributed by atoms with Crippen molar-refractivity contribution in [2.24, 2.45) is 5.92 Å². The highest BCUT2D eigenvalue weighted by atomic mass is 32.2. The van der Waals surface area contributed by atoms with Crippen molar-refractivity contribution in [3.8, 4) is 11.5 Å². The van der Waals surface area contributed by atoms with Gasteiger partial charge in [0.15, 0.2) is 0 Å². The Morgan fingerprint density at radius 3 is 2.00 bits per heavy atom. The van der Waals surface area contributed by atoms with E-state index < -0.39 is 28.5 Å². The average Bonchev–Trinajstić information content (AvgIpc) is 3.07. The minimum Gasteiger partial charge on any atom is -0.497 e. The molecule has 1 N–H and O–H groups in total. The molecule has 1 atom stereocenters. The minimum absolute atomic E-state index is 0.0620. The Balaban J connectivity index is 1.65. The van der Waals surface area contributed by atoms with Gasteiger partial charge in [-0.2, -0.15) is 0 Å². The monoisotopic (exact) mass is 657 g/mol. The summed E-state index contributed by atoms with van der Waals surface area (Å²) in [5, 5.41) is 2.99. The summed E-state index contributed by atoms with van der Waals surface area (Å²) in [6.45, 7) is 4.33. The summed E-state index contributed by atoms with van der Waals surface area (Å²) in [4.78, 5) is 29.6. The van der Waals surface area contributed by atoms with Crippen molar-refractivity contribution in [1.82, 2.24) is 10.2 Å². The quantitative estimate of drug-likeness (QED) is 0.172. The lowest BCUT2D eigenvalue weighted by Gasteiger charge is -2.33. The third kappa shape index (κ3) is 10.6. The topological polar surface area (TPSA) is 105 Å². The van der Waals surface area contributed by atoms with Crippen LogP contribution >= 0.6 is 0 Å². The first kappa shape index (κ1) is 35.0. The molecule has 4 aromatic rings. The third-order valence-electron chi connectivity index (χ3n) is 7.49. The van der Waals surface area contributed by atoms with Crippen LogP contribution in [0.1, 0.15) is 30.5 Å². The lowest BCUT2D eigenvalue weighted by atomic mass is 10.0. The summed E-state index contributed by atoms with van der Waals surface area (Å²) >= 11 is 0. The lowest BCUT2D eigenvalue weighted by molar-refractivity contribution is -0.140. The van der Waals surface area contributed by atoms with E-state index in [1.54, 1.807) is 43.5 Å². The molecular formula is C37H43N3O6S. The number of hydrogen-bond acceptors (Lipinski definition) is 6. The Labute approximate surface area is 278 Å². The Kier molecular flexibility index (Phi) is 12.4. The van der Waals surface area contributed by atoms with Crippen LogP contribution in [0.2, 0.25) is 0 Å². The number of amides is 2. The molecule has 4 rings (SSSR count). The fraction of sp³-hybridized carbons (Fsp3) is 0.297. The van der Waals surface area contributed by atoms with Gasteiger partial charge in [0.2, 0.25) is 21.8 Å². The highest BCUT2D eigenvalue weighted by Crippen LogP contribution is 2.24. The number of methoxy groups -OCH3 is 1. The predicted octanol–water partition coefficient (Wildman–Crippen LogP) is 5.45. The van der Waals surface area contributed by atoms with Crippen molar-refractivity contribution in [2.45, 2.75) is 39.5 Å². The average molecular weight is 658 g/mol. The first-order chi connectivity index (χ1) is 22.5. The van der Waals surface area contributed by atoms with Crippen molar-refractivity contribution < 1.29 is 27.5 Å². The van der Waals surface area contributed by atoms with Crippen molar-refractivity contribution in [1.29, 1.82) is 0 Å². The summed E-state index contributed by atoms with van der Waals surface area (Å²) in [6.07, 6.45) is 1.30. The maximum atomic E-state index is 14.3. The number of sulfonamides is 1. The highest BCUT2D eigenvalue weighted by molar-refractivity contribution is 7.92. The van der Waals surface area contributed by atoms with Gasteiger partial charge in [0.05, 0.1) is 19.1 Å². The largest absolute Gasteiger partial charge is 0.497 e. The second-order valence-corrected chi connectivity index (χ2v) is 13.7. The summed E-state index contributed by atoms with van der Waals surface area (Å²) in [5.41, 5.74) is 2.90. The Morgan fingerprint density at radius 2 is 1.40 bits per heavy atom. The molecule has 0 spiro atoms. The summed E-state index contributed by atoms with van der Waals surface area (Å²) in [6, 6.07) is 32.1. The van der Waals surface area contributed by atoms with E-state index >= 15 is 0 Å². The fourth-order valence-corrected chi connectivity index (χ4v) is 5.86. The van der Waals surface area contributed by atoms with E-state index in [2.05, 4.69) is 5.32 Å². The molecule has 9 nitrogen and oxygen atoms in total. The Hall–Kier alpha value is -4.83. The van der Waals surface area contributed by atoms with Crippen LogP contribution in [-0.4, -0.2) is 57.6 Å². The fourth-order valence-electron chi connectivity index (χ4n) is 5.01. The predicted molar refractivity (Wildman–Crippen MR) is 185 cm³/mol. The molecule has 0 saturated heterocycles. The molecule has 0 bridgehead atoms. The van der Waals surface area contributed by atoms with Crippen molar-refractivity contribution >= 4 is 27.5 Å². The first-order valence-electron chi connectivity index (χ1n) is 15.5. The number of benzene rings is 4. The highest BCUT2D eigenvalue weighted by Gasteiger charge is 2.33. The van der Waals surface area contributed by atoms with Crippen LogP contribution in [0.5, 0.6) is 11.5 Å². The normalized spacial score (nSPS) is 11.9. The standard InChI is InChI=1S/C37H43N3O6S/c1-28(2)24-38-37(42)35(23-29-12-7-5-8-13-29)39(25-31-16-11-17-34(22-31)45-3)36(41)26-40(47(4,43)44)32-18-20-33(21-19-32)46-27-30-14-9-6-10-15-30/h5-22,28,35H,23-27H2,1-4H3,(H,38,42). The van der Waals surface area contributed by atoms with Crippen LogP contribution in [0.25, 0.3) is 0 Å². The van der Waals surface area contributed by atoms with Crippen molar-refractivity contribution in [2.75, 3.05) is 30.8 Å². The Bertz CT molecular complexity index is 1700. The van der Waals surface area contributed by atoms with Gasteiger partial charge in [-0.15, -0.1) is 0 Å². The summed E-state index contributed by atoms with van der Waals surface area (Å²) in [5.74, 6) is 0.514. The molecule has 0 saturated carbocycles. The zero-order valence-corrected chi connectivity index (χ0v) is 28.2. The maximum absolute atomic E-state index is 14.3. The van der Waals surface area contributed by atoms with Gasteiger partial charge in [0, 0.05) is 19.5 Å². The summed E-state index contributed by atoms with van der Waals surface area (Å²) in [7, 11) is -2.34. The zero-order valence-electron chi connectivity index (χ0n) is 27.3. The van der Waals surface area contributed by atoms with Crippen molar-refractivity contribution in [3.05, 3.63) is 126 Å². The SMILES string of the molecule is COc1cccc(CN(C(=O)CN(c2ccc(OCc3ccccc3)cc2)S(C)(=O)=O)C(Cc2ccccc2)C(=O)NCC(C)C)c1. The van der Waals surface area contributed by atoms with Gasteiger partial charge in [0.1, 0.15) is 30.7 Å². The number of carbonyl (C=O) groups excluding carboxylic acids is 2. The van der Waals surface area contributed by atoms with E-state index in [0.29, 0.717) is 30.3 Å². The molecular weight excluding hydrogens is 614 g/mol. The molecule has 4 aromatic carbocycles. The van der Waals surface area contributed by atoms with Gasteiger partial charge < -0.3 is 19.7 Å². The molecule has 0 aliphatic heterocycles. The van der Waals surface area contributed by atoms with E-state index in [4.69, 9.17) is 9.47 Å². The molecule has 0 aliphatic rings. The molecule has 2 amide bonds. The smallest absolute Gasteiger partial charge is 0.244 e. The van der Waals surface area contributed by atoms with Gasteiger partial charge in [-0.05, 0) is 59.0 Å². The molecule has 1 unspecified atom stereocenters. The van der Waals surface area contributed by atoms with Crippen LogP contribution in [0.4, 0.5) is 5.69 Å². The number of ether oxygens (including phenoxy) is 2. The molecule has 0 radical (unpaired) electrons. The van der Waals surface area contributed by atoms with Crippen LogP contribution in [0.15, 0.2) is 109 Å². The molecule has 0 heterocycles. The van der Waals surface area contributed by atoms with Crippen LogP contribution in [0.3, 0.4) is 0 Å². The molecule has 47 heavy (non-hydrogen) atoms. The van der Waals surface area contributed by atoms with Crippen LogP contribution in [-0.2, 0) is 39.2 Å². The number of nitrogens with zero attached hydrogens (tertiary/aromatic N) is 2. The molecule has 0 aliphatic carbocycles. The summed E-state index contributed by atoms with van der Waals surface area (Å²) < 4.78 is 38.6. The molecule has 10 heteroatoms. The number of anilines is 1. The van der Waals surface area contributed by atoms with Gasteiger partial charge in [0.25, 0.3) is 0 Å². The molecule has 0 fully saturated rings. The minimum atomic E-state index is -3.90. The van der Waals surface area contributed by atoms with Gasteiger partial charge in [-0.1, -0.05) is 86.6 Å². The number of carbonyl (C=O) groups is 2.